The van der Waals surface area contributed by atoms with Crippen LogP contribution in [0.5, 0.6) is 0 Å². The molecule has 4 nitrogen and oxygen atoms in total. The van der Waals surface area contributed by atoms with Gasteiger partial charge in [-0.3, -0.25) is 0 Å². The van der Waals surface area contributed by atoms with E-state index >= 15 is 0 Å². The third-order valence-corrected chi connectivity index (χ3v) is 8.34. The maximum atomic E-state index is 13.9. The second kappa shape index (κ2) is 12.0. The predicted molar refractivity (Wildman–Crippen MR) is 181 cm³/mol. The lowest BCUT2D eigenvalue weighted by Crippen LogP contribution is -2.03. The van der Waals surface area contributed by atoms with E-state index in [1.807, 2.05) is 36.4 Å². The monoisotopic (exact) mass is 636 g/mol. The maximum Gasteiger partial charge on any atom is 0.123 e. The van der Waals surface area contributed by atoms with E-state index in [2.05, 4.69) is 0 Å². The van der Waals surface area contributed by atoms with Crippen LogP contribution in [0.1, 0.15) is 12.1 Å². The molecule has 2 heterocycles. The van der Waals surface area contributed by atoms with Gasteiger partial charge in [0.2, 0.25) is 0 Å². The van der Waals surface area contributed by atoms with Crippen LogP contribution in [0.3, 0.4) is 0 Å². The van der Waals surface area contributed by atoms with Gasteiger partial charge in [-0.2, -0.15) is 0 Å². The molecule has 0 spiro atoms. The predicted octanol–water partition coefficient (Wildman–Crippen LogP) is 10.3. The molecular formula is C40H24F4N4. The van der Waals surface area contributed by atoms with Crippen LogP contribution in [-0.4, -0.2) is 26.1 Å². The van der Waals surface area contributed by atoms with E-state index in [1.54, 1.807) is 48.6 Å². The second-order valence-corrected chi connectivity index (χ2v) is 11.5. The third-order valence-electron chi connectivity index (χ3n) is 8.34. The van der Waals surface area contributed by atoms with Crippen molar-refractivity contribution in [2.24, 2.45) is 0 Å². The quantitative estimate of drug-likeness (QED) is 0.177. The van der Waals surface area contributed by atoms with E-state index in [1.165, 1.54) is 42.5 Å². The van der Waals surface area contributed by atoms with E-state index in [-0.39, 0.29) is 23.9 Å². The number of halogens is 4. The fraction of sp³-hybridized carbons (Fsp3) is 0.0500. The Balaban J connectivity index is 1.25. The molecule has 0 N–H and O–H groups in total. The van der Waals surface area contributed by atoms with Crippen LogP contribution in [0, 0.1) is 17.5 Å². The summed E-state index contributed by atoms with van der Waals surface area (Å²) < 4.78 is 55.3. The Bertz CT molecular complexity index is 2400. The second-order valence-electron chi connectivity index (χ2n) is 11.5. The van der Waals surface area contributed by atoms with Crippen molar-refractivity contribution in [1.82, 2.24) is 19.9 Å². The van der Waals surface area contributed by atoms with E-state index in [9.17, 15) is 17.6 Å². The van der Waals surface area contributed by atoms with Gasteiger partial charge in [0.15, 0.2) is 0 Å². The molecule has 2 aromatic heterocycles. The first kappa shape index (κ1) is 29.4. The number of allylic oxidation sites excluding steroid dienone is 4. The Labute approximate surface area is 272 Å². The Kier molecular flexibility index (Phi) is 7.33. The molecule has 0 amide bonds. The maximum absolute atomic E-state index is 13.9. The number of rotatable bonds is 5. The van der Waals surface area contributed by atoms with Crippen molar-refractivity contribution in [2.45, 2.75) is 12.6 Å². The zero-order valence-electron chi connectivity index (χ0n) is 25.2. The molecule has 0 saturated carbocycles. The summed E-state index contributed by atoms with van der Waals surface area (Å²) in [7, 11) is 0. The minimum absolute atomic E-state index is 0.243. The lowest BCUT2D eigenvalue weighted by atomic mass is 9.98. The highest BCUT2D eigenvalue weighted by molar-refractivity contribution is 5.92. The molecule has 232 valence electrons. The van der Waals surface area contributed by atoms with Crippen molar-refractivity contribution in [3.63, 3.8) is 0 Å². The minimum atomic E-state index is -1.05. The number of alkyl halides is 1. The Hall–Kier alpha value is -6.02. The molecule has 1 atom stereocenters. The van der Waals surface area contributed by atoms with Gasteiger partial charge in [0.1, 0.15) is 23.6 Å². The van der Waals surface area contributed by atoms with Crippen molar-refractivity contribution in [1.29, 1.82) is 0 Å². The summed E-state index contributed by atoms with van der Waals surface area (Å²) in [5.74, 6) is -1.09. The van der Waals surface area contributed by atoms with Gasteiger partial charge in [0.25, 0.3) is 0 Å². The van der Waals surface area contributed by atoms with Gasteiger partial charge in [0.05, 0.1) is 44.8 Å². The smallest absolute Gasteiger partial charge is 0.123 e. The van der Waals surface area contributed by atoms with Crippen LogP contribution >= 0.6 is 0 Å². The fourth-order valence-corrected chi connectivity index (χ4v) is 5.87. The fourth-order valence-electron chi connectivity index (χ4n) is 5.87. The first-order chi connectivity index (χ1) is 23.4. The van der Waals surface area contributed by atoms with Gasteiger partial charge in [-0.25, -0.2) is 37.5 Å². The first-order valence-corrected chi connectivity index (χ1v) is 15.3. The molecule has 0 radical (unpaired) electrons. The van der Waals surface area contributed by atoms with Gasteiger partial charge in [0, 0.05) is 23.1 Å². The standard InChI is InChI=1S/C40H24F4N4/c41-29-11-1-23(2-12-29)37-39(25-5-15-31(43)16-6-25)47-35-21-27(9-19-33(35)45-37)28-10-20-34-36(22-28)48-40(26-7-17-32(44)18-8-26)38(46-34)24-3-13-30(42)14-4-24/h1-13,15-22,30H,14H2. The Morgan fingerprint density at radius 3 is 1.23 bits per heavy atom. The number of aromatic nitrogens is 4. The highest BCUT2D eigenvalue weighted by Gasteiger charge is 2.18. The van der Waals surface area contributed by atoms with E-state index in [0.29, 0.717) is 61.5 Å². The normalized spacial score (nSPS) is 14.4. The lowest BCUT2D eigenvalue weighted by molar-refractivity contribution is 0.402. The van der Waals surface area contributed by atoms with Crippen molar-refractivity contribution in [3.8, 4) is 44.9 Å². The van der Waals surface area contributed by atoms with Crippen LogP contribution in [0.25, 0.3) is 72.5 Å². The largest absolute Gasteiger partial charge is 0.244 e. The number of nitrogens with zero attached hydrogens (tertiary/aromatic N) is 4. The van der Waals surface area contributed by atoms with Crippen molar-refractivity contribution >= 4 is 27.6 Å². The molecular weight excluding hydrogens is 612 g/mol. The molecule has 0 fully saturated rings. The van der Waals surface area contributed by atoms with Gasteiger partial charge >= 0.3 is 0 Å². The van der Waals surface area contributed by atoms with E-state index in [4.69, 9.17) is 19.9 Å². The Morgan fingerprint density at radius 1 is 0.438 bits per heavy atom. The van der Waals surface area contributed by atoms with Crippen molar-refractivity contribution < 1.29 is 17.6 Å². The Morgan fingerprint density at radius 2 is 0.812 bits per heavy atom. The molecule has 0 aliphatic heterocycles. The van der Waals surface area contributed by atoms with Gasteiger partial charge in [-0.1, -0.05) is 24.3 Å². The van der Waals surface area contributed by atoms with Crippen molar-refractivity contribution in [2.75, 3.05) is 0 Å². The summed E-state index contributed by atoms with van der Waals surface area (Å²) in [6.07, 6.45) is 4.22. The molecule has 0 saturated heterocycles. The summed E-state index contributed by atoms with van der Waals surface area (Å²) >= 11 is 0. The lowest BCUT2D eigenvalue weighted by Gasteiger charge is -2.15. The average Bonchev–Trinajstić information content (AvgIpc) is 3.11. The van der Waals surface area contributed by atoms with Crippen LogP contribution in [0.4, 0.5) is 17.6 Å². The third kappa shape index (κ3) is 5.62. The van der Waals surface area contributed by atoms with Crippen LogP contribution in [-0.2, 0) is 0 Å². The summed E-state index contributed by atoms with van der Waals surface area (Å²) in [6.45, 7) is 0. The summed E-state index contributed by atoms with van der Waals surface area (Å²) in [5.41, 5.74) is 9.31. The summed E-state index contributed by atoms with van der Waals surface area (Å²) in [5, 5.41) is 0. The zero-order chi connectivity index (χ0) is 32.8. The topological polar surface area (TPSA) is 51.6 Å². The molecule has 1 aliphatic carbocycles. The van der Waals surface area contributed by atoms with E-state index in [0.717, 1.165) is 16.7 Å². The minimum Gasteiger partial charge on any atom is -0.244 e. The summed E-state index contributed by atoms with van der Waals surface area (Å²) in [6, 6.07) is 29.6. The highest BCUT2D eigenvalue weighted by atomic mass is 19.1. The molecule has 5 aromatic carbocycles. The molecule has 48 heavy (non-hydrogen) atoms. The number of fused-ring (bicyclic) bond motifs is 2. The number of hydrogen-bond acceptors (Lipinski definition) is 4. The highest BCUT2D eigenvalue weighted by Crippen LogP contribution is 2.35. The molecule has 1 aliphatic rings. The molecule has 1 unspecified atom stereocenters. The summed E-state index contributed by atoms with van der Waals surface area (Å²) in [4.78, 5) is 19.8. The average molecular weight is 637 g/mol. The van der Waals surface area contributed by atoms with Crippen LogP contribution in [0.2, 0.25) is 0 Å². The molecule has 8 rings (SSSR count). The van der Waals surface area contributed by atoms with Gasteiger partial charge in [-0.15, -0.1) is 0 Å². The van der Waals surface area contributed by atoms with Gasteiger partial charge < -0.3 is 0 Å². The number of benzene rings is 5. The zero-order valence-corrected chi connectivity index (χ0v) is 25.2. The molecule has 8 heteroatoms. The molecule has 7 aromatic rings. The SMILES string of the molecule is Fc1ccc(-c2nc3cc(-c4ccc5nc(-c6ccc(F)cc6)c(-c6ccc(F)cc6)nc5c4)ccc3nc2C2=CCC(F)C=C2)cc1. The molecule has 0 bridgehead atoms. The van der Waals surface area contributed by atoms with E-state index < -0.39 is 6.17 Å². The van der Waals surface area contributed by atoms with Crippen molar-refractivity contribution in [3.05, 3.63) is 151 Å². The van der Waals surface area contributed by atoms with Crippen LogP contribution in [0.15, 0.2) is 127 Å². The van der Waals surface area contributed by atoms with Gasteiger partial charge in [-0.05, 0) is 120 Å². The van der Waals surface area contributed by atoms with Crippen LogP contribution < -0.4 is 0 Å². The first-order valence-electron chi connectivity index (χ1n) is 15.3. The number of hydrogen-bond donors (Lipinski definition) is 0.